The van der Waals surface area contributed by atoms with E-state index in [1.807, 2.05) is 0 Å². The van der Waals surface area contributed by atoms with Crippen LogP contribution in [0.1, 0.15) is 29.3 Å². The normalized spacial score (nSPS) is 11.0. The highest BCUT2D eigenvalue weighted by molar-refractivity contribution is 8.00. The van der Waals surface area contributed by atoms with Crippen molar-refractivity contribution in [3.05, 3.63) is 99.7 Å². The van der Waals surface area contributed by atoms with Gasteiger partial charge in [0.25, 0.3) is 11.8 Å². The molecule has 0 unspecified atom stereocenters. The lowest BCUT2D eigenvalue weighted by molar-refractivity contribution is -0.145. The number of amides is 2. The molecule has 0 aliphatic heterocycles. The minimum absolute atomic E-state index is 0.0503. The van der Waals surface area contributed by atoms with Gasteiger partial charge >= 0.3 is 5.97 Å². The summed E-state index contributed by atoms with van der Waals surface area (Å²) in [6, 6.07) is 20.3. The maximum absolute atomic E-state index is 13.3. The molecule has 38 heavy (non-hydrogen) atoms. The predicted molar refractivity (Wildman–Crippen MR) is 150 cm³/mol. The van der Waals surface area contributed by atoms with Gasteiger partial charge in [-0.2, -0.15) is 0 Å². The first kappa shape index (κ1) is 29.0. The van der Waals surface area contributed by atoms with Gasteiger partial charge in [-0.15, -0.1) is 11.8 Å². The SMILES string of the molecule is CCOC(=O)CC(=O)CSc1cccc(NC(=O)/C(=C\c2cccc(Cl)c2Cl)NC(=O)c2ccccc2)c1. The van der Waals surface area contributed by atoms with Gasteiger partial charge in [0, 0.05) is 16.1 Å². The Morgan fingerprint density at radius 1 is 0.947 bits per heavy atom. The number of rotatable bonds is 11. The lowest BCUT2D eigenvalue weighted by Crippen LogP contribution is -2.30. The standard InChI is InChI=1S/C28H24Cl2N2O5S/c1-2-37-25(34)16-21(33)17-38-22-12-7-11-20(15-22)31-28(36)24(14-19-10-6-13-23(29)26(19)30)32-27(35)18-8-4-3-5-9-18/h3-15H,2,16-17H2,1H3,(H,31,36)(H,32,35)/b24-14+. The van der Waals surface area contributed by atoms with E-state index in [1.165, 1.54) is 17.8 Å². The fourth-order valence-electron chi connectivity index (χ4n) is 3.18. The number of esters is 1. The second kappa shape index (κ2) is 14.4. The van der Waals surface area contributed by atoms with Gasteiger partial charge in [-0.3, -0.25) is 19.2 Å². The van der Waals surface area contributed by atoms with Crippen molar-refractivity contribution in [1.29, 1.82) is 0 Å². The number of anilines is 1. The van der Waals surface area contributed by atoms with E-state index < -0.39 is 17.8 Å². The molecule has 0 bridgehead atoms. The molecule has 3 rings (SSSR count). The van der Waals surface area contributed by atoms with Crippen LogP contribution in [0.15, 0.2) is 83.4 Å². The van der Waals surface area contributed by atoms with Crippen molar-refractivity contribution in [2.24, 2.45) is 0 Å². The van der Waals surface area contributed by atoms with Crippen molar-refractivity contribution in [3.63, 3.8) is 0 Å². The zero-order valence-corrected chi connectivity index (χ0v) is 22.7. The number of halogens is 2. The number of hydrogen-bond acceptors (Lipinski definition) is 6. The largest absolute Gasteiger partial charge is 0.466 e. The zero-order chi connectivity index (χ0) is 27.5. The summed E-state index contributed by atoms with van der Waals surface area (Å²) in [4.78, 5) is 50.3. The Balaban J connectivity index is 1.77. The van der Waals surface area contributed by atoms with E-state index in [4.69, 9.17) is 27.9 Å². The number of ether oxygens (including phenoxy) is 1. The first-order chi connectivity index (χ1) is 18.3. The summed E-state index contributed by atoms with van der Waals surface area (Å²) in [5.74, 6) is -1.83. The van der Waals surface area contributed by atoms with Crippen LogP contribution < -0.4 is 10.6 Å². The third-order valence-electron chi connectivity index (χ3n) is 4.95. The molecule has 0 aliphatic carbocycles. The van der Waals surface area contributed by atoms with E-state index in [1.54, 1.807) is 79.7 Å². The summed E-state index contributed by atoms with van der Waals surface area (Å²) in [6.45, 7) is 1.89. The van der Waals surface area contributed by atoms with Crippen LogP contribution in [-0.4, -0.2) is 35.9 Å². The van der Waals surface area contributed by atoms with E-state index in [0.29, 0.717) is 26.7 Å². The van der Waals surface area contributed by atoms with Crippen LogP contribution in [0.5, 0.6) is 0 Å². The molecule has 0 saturated carbocycles. The number of carbonyl (C=O) groups is 4. The quantitative estimate of drug-likeness (QED) is 0.126. The monoisotopic (exact) mass is 570 g/mol. The van der Waals surface area contributed by atoms with Crippen LogP contribution in [0, 0.1) is 0 Å². The Morgan fingerprint density at radius 2 is 1.68 bits per heavy atom. The molecule has 3 aromatic rings. The van der Waals surface area contributed by atoms with Crippen molar-refractivity contribution in [1.82, 2.24) is 5.32 Å². The molecular weight excluding hydrogens is 547 g/mol. The first-order valence-corrected chi connectivity index (χ1v) is 13.2. The predicted octanol–water partition coefficient (Wildman–Crippen LogP) is 6.02. The highest BCUT2D eigenvalue weighted by Crippen LogP contribution is 2.27. The van der Waals surface area contributed by atoms with Gasteiger partial charge in [-0.05, 0) is 55.0 Å². The number of Topliss-reactive ketones (excluding diaryl/α,β-unsaturated/α-hetero) is 1. The Labute approximate surface area is 234 Å². The van der Waals surface area contributed by atoms with Gasteiger partial charge in [-0.1, -0.05) is 59.6 Å². The molecule has 0 aliphatic rings. The van der Waals surface area contributed by atoms with Crippen molar-refractivity contribution in [3.8, 4) is 0 Å². The number of carbonyl (C=O) groups excluding carboxylic acids is 4. The summed E-state index contributed by atoms with van der Waals surface area (Å²) in [7, 11) is 0. The number of benzene rings is 3. The van der Waals surface area contributed by atoms with Gasteiger partial charge in [-0.25, -0.2) is 0 Å². The molecule has 196 valence electrons. The van der Waals surface area contributed by atoms with Crippen molar-refractivity contribution < 1.29 is 23.9 Å². The highest BCUT2D eigenvalue weighted by atomic mass is 35.5. The maximum atomic E-state index is 13.3. The molecule has 0 spiro atoms. The first-order valence-electron chi connectivity index (χ1n) is 11.5. The van der Waals surface area contributed by atoms with Gasteiger partial charge in [0.05, 0.1) is 22.4 Å². The molecule has 0 aromatic heterocycles. The molecule has 0 heterocycles. The molecule has 7 nitrogen and oxygen atoms in total. The Morgan fingerprint density at radius 3 is 2.42 bits per heavy atom. The fraction of sp³-hybridized carbons (Fsp3) is 0.143. The van der Waals surface area contributed by atoms with Crippen LogP contribution >= 0.6 is 35.0 Å². The van der Waals surface area contributed by atoms with E-state index in [0.717, 1.165) is 0 Å². The summed E-state index contributed by atoms with van der Waals surface area (Å²) in [5, 5.41) is 5.94. The summed E-state index contributed by atoms with van der Waals surface area (Å²) in [5.41, 5.74) is 1.21. The maximum Gasteiger partial charge on any atom is 0.313 e. The van der Waals surface area contributed by atoms with Crippen LogP contribution in [0.25, 0.3) is 6.08 Å². The van der Waals surface area contributed by atoms with Gasteiger partial charge in [0.1, 0.15) is 12.1 Å². The molecule has 10 heteroatoms. The number of nitrogens with one attached hydrogen (secondary N) is 2. The van der Waals surface area contributed by atoms with Crippen molar-refractivity contribution in [2.45, 2.75) is 18.2 Å². The molecular formula is C28H24Cl2N2O5S. The molecule has 2 N–H and O–H groups in total. The molecule has 0 fully saturated rings. The summed E-state index contributed by atoms with van der Waals surface area (Å²) >= 11 is 13.7. The second-order valence-electron chi connectivity index (χ2n) is 7.81. The smallest absolute Gasteiger partial charge is 0.313 e. The van der Waals surface area contributed by atoms with Crippen LogP contribution in [0.2, 0.25) is 10.0 Å². The van der Waals surface area contributed by atoms with E-state index in [9.17, 15) is 19.2 Å². The summed E-state index contributed by atoms with van der Waals surface area (Å²) < 4.78 is 4.79. The van der Waals surface area contributed by atoms with E-state index >= 15 is 0 Å². The van der Waals surface area contributed by atoms with Crippen LogP contribution in [0.3, 0.4) is 0 Å². The lowest BCUT2D eigenvalue weighted by Gasteiger charge is -2.13. The fourth-order valence-corrected chi connectivity index (χ4v) is 4.36. The topological polar surface area (TPSA) is 102 Å². The number of thioether (sulfide) groups is 1. The van der Waals surface area contributed by atoms with Crippen LogP contribution in [-0.2, 0) is 19.1 Å². The third-order valence-corrected chi connectivity index (χ3v) is 6.84. The van der Waals surface area contributed by atoms with Gasteiger partial charge in [0.2, 0.25) is 0 Å². The minimum Gasteiger partial charge on any atom is -0.466 e. The molecule has 0 atom stereocenters. The van der Waals surface area contributed by atoms with Gasteiger partial charge < -0.3 is 15.4 Å². The zero-order valence-electron chi connectivity index (χ0n) is 20.3. The van der Waals surface area contributed by atoms with Gasteiger partial charge in [0.15, 0.2) is 5.78 Å². The average Bonchev–Trinajstić information content (AvgIpc) is 2.90. The minimum atomic E-state index is -0.592. The Hall–Kier alpha value is -3.59. The highest BCUT2D eigenvalue weighted by Gasteiger charge is 2.17. The van der Waals surface area contributed by atoms with Crippen LogP contribution in [0.4, 0.5) is 5.69 Å². The average molecular weight is 571 g/mol. The molecule has 0 saturated heterocycles. The Bertz CT molecular complexity index is 1360. The Kier molecular flexibility index (Phi) is 11.0. The number of hydrogen-bond donors (Lipinski definition) is 2. The van der Waals surface area contributed by atoms with E-state index in [-0.39, 0.29) is 35.3 Å². The van der Waals surface area contributed by atoms with Crippen molar-refractivity contribution >= 4 is 70.3 Å². The summed E-state index contributed by atoms with van der Waals surface area (Å²) in [6.07, 6.45) is 1.15. The molecule has 2 amide bonds. The third kappa shape index (κ3) is 8.76. The lowest BCUT2D eigenvalue weighted by atomic mass is 10.1. The molecule has 3 aromatic carbocycles. The number of ketones is 1. The van der Waals surface area contributed by atoms with Crippen molar-refractivity contribution in [2.75, 3.05) is 17.7 Å². The second-order valence-corrected chi connectivity index (χ2v) is 9.65. The molecule has 0 radical (unpaired) electrons. The van der Waals surface area contributed by atoms with E-state index in [2.05, 4.69) is 10.6 Å².